The maximum absolute atomic E-state index is 12.7. The number of non-ortho nitro benzene ring substituents is 1. The first kappa shape index (κ1) is 23.2. The van der Waals surface area contributed by atoms with Crippen molar-refractivity contribution >= 4 is 17.3 Å². The molecule has 0 bridgehead atoms. The number of hydrogen-bond acceptors (Lipinski definition) is 9. The molecule has 0 aliphatic heterocycles. The molecule has 0 saturated heterocycles. The molecule has 1 N–H and O–H groups in total. The van der Waals surface area contributed by atoms with Gasteiger partial charge in [0.1, 0.15) is 0 Å². The lowest BCUT2D eigenvalue weighted by Gasteiger charge is -2.12. The highest BCUT2D eigenvalue weighted by atomic mass is 16.6. The number of nitro groups is 1. The van der Waals surface area contributed by atoms with Gasteiger partial charge in [-0.05, 0) is 36.4 Å². The zero-order valence-electron chi connectivity index (χ0n) is 19.0. The monoisotopic (exact) mass is 476 g/mol. The molecule has 1 amide bonds. The number of nitro benzene ring substituents is 1. The molecule has 1 heterocycles. The molecule has 0 unspecified atom stereocenters. The molecule has 11 nitrogen and oxygen atoms in total. The van der Waals surface area contributed by atoms with Crippen LogP contribution in [0.5, 0.6) is 17.2 Å². The summed E-state index contributed by atoms with van der Waals surface area (Å²) in [5, 5.41) is 17.7. The number of hydrogen-bond donors (Lipinski definition) is 1. The van der Waals surface area contributed by atoms with Crippen LogP contribution in [0, 0.1) is 10.1 Å². The van der Waals surface area contributed by atoms with Gasteiger partial charge >= 0.3 is 0 Å². The third-order valence-corrected chi connectivity index (χ3v) is 5.09. The number of ether oxygens (including phenoxy) is 3. The van der Waals surface area contributed by atoms with E-state index in [1.54, 1.807) is 36.4 Å². The van der Waals surface area contributed by atoms with E-state index in [2.05, 4.69) is 15.5 Å². The third kappa shape index (κ3) is 4.74. The van der Waals surface area contributed by atoms with Gasteiger partial charge in [0.25, 0.3) is 17.5 Å². The van der Waals surface area contributed by atoms with E-state index in [1.165, 1.54) is 45.6 Å². The number of anilines is 1. The van der Waals surface area contributed by atoms with Crippen molar-refractivity contribution in [2.75, 3.05) is 26.6 Å². The van der Waals surface area contributed by atoms with E-state index >= 15 is 0 Å². The van der Waals surface area contributed by atoms with Crippen LogP contribution in [0.1, 0.15) is 10.4 Å². The van der Waals surface area contributed by atoms with Crippen molar-refractivity contribution in [3.05, 3.63) is 76.3 Å². The summed E-state index contributed by atoms with van der Waals surface area (Å²) in [7, 11) is 4.52. The number of methoxy groups -OCH3 is 3. The maximum atomic E-state index is 12.7. The van der Waals surface area contributed by atoms with Crippen LogP contribution in [0.2, 0.25) is 0 Å². The molecule has 4 rings (SSSR count). The summed E-state index contributed by atoms with van der Waals surface area (Å²) in [6, 6.07) is 15.6. The van der Waals surface area contributed by atoms with Crippen molar-refractivity contribution in [3.63, 3.8) is 0 Å². The molecule has 0 atom stereocenters. The Labute approximate surface area is 199 Å². The van der Waals surface area contributed by atoms with Gasteiger partial charge in [-0.2, -0.15) is 4.98 Å². The van der Waals surface area contributed by atoms with Crippen molar-refractivity contribution < 1.29 is 28.5 Å². The van der Waals surface area contributed by atoms with Crippen LogP contribution >= 0.6 is 0 Å². The van der Waals surface area contributed by atoms with Crippen molar-refractivity contribution in [1.82, 2.24) is 10.1 Å². The Hall–Kier alpha value is -4.93. The van der Waals surface area contributed by atoms with Crippen LogP contribution < -0.4 is 19.5 Å². The lowest BCUT2D eigenvalue weighted by atomic mass is 10.1. The smallest absolute Gasteiger partial charge is 0.269 e. The second kappa shape index (κ2) is 9.91. The second-order valence-electron chi connectivity index (χ2n) is 7.14. The predicted molar refractivity (Wildman–Crippen MR) is 126 cm³/mol. The largest absolute Gasteiger partial charge is 0.493 e. The van der Waals surface area contributed by atoms with E-state index in [0.717, 1.165) is 0 Å². The zero-order valence-corrected chi connectivity index (χ0v) is 19.0. The van der Waals surface area contributed by atoms with Gasteiger partial charge < -0.3 is 24.1 Å². The number of amides is 1. The minimum Gasteiger partial charge on any atom is -0.493 e. The van der Waals surface area contributed by atoms with Crippen LogP contribution in [-0.2, 0) is 0 Å². The molecule has 178 valence electrons. The van der Waals surface area contributed by atoms with E-state index in [1.807, 2.05) is 0 Å². The molecule has 0 spiro atoms. The summed E-state index contributed by atoms with van der Waals surface area (Å²) < 4.78 is 21.6. The van der Waals surface area contributed by atoms with E-state index in [9.17, 15) is 14.9 Å². The normalized spacial score (nSPS) is 10.5. The van der Waals surface area contributed by atoms with Crippen LogP contribution in [0.15, 0.2) is 65.2 Å². The zero-order chi connectivity index (χ0) is 24.9. The number of carbonyl (C=O) groups excluding carboxylic acids is 1. The van der Waals surface area contributed by atoms with Gasteiger partial charge in [-0.15, -0.1) is 0 Å². The summed E-state index contributed by atoms with van der Waals surface area (Å²) in [6.07, 6.45) is 0. The number of carbonyl (C=O) groups is 1. The molecule has 0 fully saturated rings. The number of rotatable bonds is 8. The second-order valence-corrected chi connectivity index (χ2v) is 7.14. The minimum atomic E-state index is -0.530. The highest BCUT2D eigenvalue weighted by molar-refractivity contribution is 6.06. The molecular weight excluding hydrogens is 456 g/mol. The van der Waals surface area contributed by atoms with E-state index in [0.29, 0.717) is 34.1 Å². The number of nitrogens with zero attached hydrogens (tertiary/aromatic N) is 3. The lowest BCUT2D eigenvalue weighted by Crippen LogP contribution is -2.12. The minimum absolute atomic E-state index is 0.105. The van der Waals surface area contributed by atoms with Gasteiger partial charge in [0.15, 0.2) is 11.5 Å². The van der Waals surface area contributed by atoms with E-state index < -0.39 is 10.8 Å². The highest BCUT2D eigenvalue weighted by Gasteiger charge is 2.20. The molecule has 3 aromatic carbocycles. The average molecular weight is 476 g/mol. The Balaban J connectivity index is 1.63. The quantitative estimate of drug-likeness (QED) is 0.286. The SMILES string of the molecule is COc1cc(-c2noc(-c3ccccc3NC(=O)c3ccc([N+](=O)[O-])cc3)n2)cc(OC)c1OC. The van der Waals surface area contributed by atoms with Crippen molar-refractivity contribution in [3.8, 4) is 40.1 Å². The van der Waals surface area contributed by atoms with Gasteiger partial charge in [-0.3, -0.25) is 14.9 Å². The van der Waals surface area contributed by atoms with Crippen LogP contribution in [0.25, 0.3) is 22.8 Å². The van der Waals surface area contributed by atoms with Gasteiger partial charge in [0.05, 0.1) is 37.5 Å². The third-order valence-electron chi connectivity index (χ3n) is 5.09. The molecule has 0 saturated carbocycles. The van der Waals surface area contributed by atoms with Crippen molar-refractivity contribution in [2.24, 2.45) is 0 Å². The fourth-order valence-corrected chi connectivity index (χ4v) is 3.37. The Morgan fingerprint density at radius 2 is 1.63 bits per heavy atom. The predicted octanol–water partition coefficient (Wildman–Crippen LogP) is 4.59. The molecular formula is C24H20N4O7. The van der Waals surface area contributed by atoms with E-state index in [-0.39, 0.29) is 23.0 Å². The number of nitrogens with one attached hydrogen (secondary N) is 1. The number of para-hydroxylation sites is 1. The van der Waals surface area contributed by atoms with Gasteiger partial charge in [0, 0.05) is 23.3 Å². The topological polar surface area (TPSA) is 139 Å². The van der Waals surface area contributed by atoms with Gasteiger partial charge in [0.2, 0.25) is 11.6 Å². The first-order valence-corrected chi connectivity index (χ1v) is 10.2. The van der Waals surface area contributed by atoms with Crippen molar-refractivity contribution in [1.29, 1.82) is 0 Å². The number of aromatic nitrogens is 2. The molecule has 0 aliphatic carbocycles. The van der Waals surface area contributed by atoms with Gasteiger partial charge in [-0.1, -0.05) is 17.3 Å². The molecule has 35 heavy (non-hydrogen) atoms. The molecule has 4 aromatic rings. The summed E-state index contributed by atoms with van der Waals surface area (Å²) in [5.74, 6) is 1.30. The Kier molecular flexibility index (Phi) is 6.58. The number of benzene rings is 3. The maximum Gasteiger partial charge on any atom is 0.269 e. The first-order chi connectivity index (χ1) is 16.9. The lowest BCUT2D eigenvalue weighted by molar-refractivity contribution is -0.384. The average Bonchev–Trinajstić information content (AvgIpc) is 3.38. The standard InChI is InChI=1S/C24H20N4O7/c1-32-19-12-15(13-20(33-2)21(19)34-3)22-26-24(35-27-22)17-6-4-5-7-18(17)25-23(29)14-8-10-16(11-9-14)28(30)31/h4-13H,1-3H3,(H,25,29). The van der Waals surface area contributed by atoms with Crippen molar-refractivity contribution in [2.45, 2.75) is 0 Å². The van der Waals surface area contributed by atoms with Crippen LogP contribution in [0.3, 0.4) is 0 Å². The summed E-state index contributed by atoms with van der Waals surface area (Å²) in [6.45, 7) is 0. The summed E-state index contributed by atoms with van der Waals surface area (Å²) in [5.41, 5.74) is 1.65. The highest BCUT2D eigenvalue weighted by Crippen LogP contribution is 2.41. The summed E-state index contributed by atoms with van der Waals surface area (Å²) in [4.78, 5) is 27.5. The van der Waals surface area contributed by atoms with E-state index in [4.69, 9.17) is 18.7 Å². The Morgan fingerprint density at radius 1 is 0.971 bits per heavy atom. The van der Waals surface area contributed by atoms with Crippen LogP contribution in [-0.4, -0.2) is 42.3 Å². The fraction of sp³-hybridized carbons (Fsp3) is 0.125. The fourth-order valence-electron chi connectivity index (χ4n) is 3.37. The Morgan fingerprint density at radius 3 is 2.23 bits per heavy atom. The Bertz CT molecular complexity index is 1360. The molecule has 11 heteroatoms. The first-order valence-electron chi connectivity index (χ1n) is 10.2. The summed E-state index contributed by atoms with van der Waals surface area (Å²) >= 11 is 0. The van der Waals surface area contributed by atoms with Gasteiger partial charge in [-0.25, -0.2) is 0 Å². The molecule has 1 aromatic heterocycles. The molecule has 0 aliphatic rings. The van der Waals surface area contributed by atoms with Crippen LogP contribution in [0.4, 0.5) is 11.4 Å². The molecule has 0 radical (unpaired) electrons.